The molecule has 0 N–H and O–H groups in total. The van der Waals surface area contributed by atoms with Crippen molar-refractivity contribution in [3.05, 3.63) is 124 Å². The minimum Gasteiger partial charge on any atom is -0.418 e. The first-order valence-electron chi connectivity index (χ1n) is 12.9. The summed E-state index contributed by atoms with van der Waals surface area (Å²) in [6.45, 7) is 0.772. The van der Waals surface area contributed by atoms with E-state index in [1.165, 1.54) is 5.56 Å². The number of oxazole rings is 2. The Morgan fingerprint density at radius 1 is 0.595 bits per heavy atom. The predicted molar refractivity (Wildman–Crippen MR) is 168 cm³/mol. The molecule has 7 nitrogen and oxygen atoms in total. The van der Waals surface area contributed by atoms with Gasteiger partial charge in [-0.15, -0.1) is 0 Å². The van der Waals surface area contributed by atoms with Crippen LogP contribution < -0.4 is 4.90 Å². The van der Waals surface area contributed by atoms with Crippen molar-refractivity contribution in [3.8, 4) is 22.9 Å². The minimum atomic E-state index is 0.381. The van der Waals surface area contributed by atoms with Gasteiger partial charge in [-0.2, -0.15) is 9.97 Å². The molecule has 7 rings (SSSR count). The van der Waals surface area contributed by atoms with Crippen LogP contribution in [-0.2, 0) is 6.54 Å². The SMILES string of the molecule is CN(Cc1ccccc1)c1ccc2nc(-c3cccc(Cl)c3)oc2n1.Clc1cccc(-c2nc3ccc(Cl)nc3o2)c1. The lowest BCUT2D eigenvalue weighted by molar-refractivity contribution is 0.607. The molecule has 10 heteroatoms. The molecule has 0 unspecified atom stereocenters. The van der Waals surface area contributed by atoms with Gasteiger partial charge in [0.15, 0.2) is 0 Å². The monoisotopic (exact) mass is 613 g/mol. The summed E-state index contributed by atoms with van der Waals surface area (Å²) in [5.74, 6) is 1.84. The Labute approximate surface area is 256 Å². The van der Waals surface area contributed by atoms with E-state index in [2.05, 4.69) is 37.0 Å². The zero-order valence-electron chi connectivity index (χ0n) is 22.2. The molecule has 0 fully saturated rings. The van der Waals surface area contributed by atoms with E-state index in [1.54, 1.807) is 24.3 Å². The number of nitrogens with zero attached hydrogens (tertiary/aromatic N) is 5. The number of pyridine rings is 2. The summed E-state index contributed by atoms with van der Waals surface area (Å²) in [7, 11) is 2.01. The third-order valence-electron chi connectivity index (χ3n) is 6.26. The third kappa shape index (κ3) is 6.39. The maximum Gasteiger partial charge on any atom is 0.249 e. The minimum absolute atomic E-state index is 0.381. The van der Waals surface area contributed by atoms with E-state index < -0.39 is 0 Å². The van der Waals surface area contributed by atoms with Gasteiger partial charge in [-0.3, -0.25) is 0 Å². The van der Waals surface area contributed by atoms with Crippen LogP contribution in [0.1, 0.15) is 5.56 Å². The Kier molecular flexibility index (Phi) is 8.06. The largest absolute Gasteiger partial charge is 0.418 e. The Morgan fingerprint density at radius 2 is 1.17 bits per heavy atom. The molecule has 208 valence electrons. The molecular weight excluding hydrogens is 593 g/mol. The first-order chi connectivity index (χ1) is 20.4. The van der Waals surface area contributed by atoms with Crippen LogP contribution in [0.3, 0.4) is 0 Å². The first-order valence-corrected chi connectivity index (χ1v) is 14.0. The van der Waals surface area contributed by atoms with Gasteiger partial charge in [-0.05, 0) is 66.2 Å². The van der Waals surface area contributed by atoms with Crippen LogP contribution in [0.5, 0.6) is 0 Å². The molecule has 42 heavy (non-hydrogen) atoms. The predicted octanol–water partition coefficient (Wildman–Crippen LogP) is 9.38. The number of halogens is 3. The molecule has 0 atom stereocenters. The smallest absolute Gasteiger partial charge is 0.249 e. The van der Waals surface area contributed by atoms with E-state index in [1.807, 2.05) is 73.8 Å². The second-order valence-corrected chi connectivity index (χ2v) is 10.6. The Bertz CT molecular complexity index is 1990. The van der Waals surface area contributed by atoms with Crippen LogP contribution in [0.15, 0.2) is 112 Å². The first kappa shape index (κ1) is 27.7. The van der Waals surface area contributed by atoms with Crippen LogP contribution in [-0.4, -0.2) is 27.0 Å². The highest BCUT2D eigenvalue weighted by molar-refractivity contribution is 6.31. The number of hydrogen-bond acceptors (Lipinski definition) is 7. The number of rotatable bonds is 5. The van der Waals surface area contributed by atoms with Crippen molar-refractivity contribution < 1.29 is 8.83 Å². The third-order valence-corrected chi connectivity index (χ3v) is 6.94. The standard InChI is InChI=1S/C20H16ClN3O.C12H6Cl2N2O/c1-24(13-14-6-3-2-4-7-14)18-11-10-17-20(23-18)25-19(22-17)15-8-5-9-16(21)12-15;13-8-3-1-2-7(6-8)11-15-9-4-5-10(14)16-12(9)17-11/h2-12H,13H2,1H3;1-6H. The molecule has 0 radical (unpaired) electrons. The van der Waals surface area contributed by atoms with Gasteiger partial charge in [0.25, 0.3) is 0 Å². The van der Waals surface area contributed by atoms with Gasteiger partial charge in [-0.1, -0.05) is 77.3 Å². The zero-order valence-corrected chi connectivity index (χ0v) is 24.5. The molecule has 4 aromatic heterocycles. The maximum absolute atomic E-state index is 6.05. The Balaban J connectivity index is 0.000000162. The van der Waals surface area contributed by atoms with Crippen molar-refractivity contribution in [1.29, 1.82) is 0 Å². The van der Waals surface area contributed by atoms with Crippen molar-refractivity contribution in [3.63, 3.8) is 0 Å². The van der Waals surface area contributed by atoms with Crippen LogP contribution >= 0.6 is 34.8 Å². The fraction of sp³-hybridized carbons (Fsp3) is 0.0625. The van der Waals surface area contributed by atoms with Crippen molar-refractivity contribution >= 4 is 63.1 Å². The van der Waals surface area contributed by atoms with Crippen LogP contribution in [0.2, 0.25) is 15.2 Å². The quantitative estimate of drug-likeness (QED) is 0.179. The fourth-order valence-corrected chi connectivity index (χ4v) is 4.76. The summed E-state index contributed by atoms with van der Waals surface area (Å²) < 4.78 is 11.4. The Hall–Kier alpha value is -4.43. The summed E-state index contributed by atoms with van der Waals surface area (Å²) in [6, 6.07) is 32.3. The van der Waals surface area contributed by atoms with Gasteiger partial charge in [0, 0.05) is 34.8 Å². The van der Waals surface area contributed by atoms with E-state index >= 15 is 0 Å². The summed E-state index contributed by atoms with van der Waals surface area (Å²) in [6.07, 6.45) is 0. The molecular formula is C32H22Cl3N5O2. The topological polar surface area (TPSA) is 81.1 Å². The average molecular weight is 615 g/mol. The number of hydrogen-bond donors (Lipinski definition) is 0. The average Bonchev–Trinajstić information content (AvgIpc) is 3.62. The maximum atomic E-state index is 6.05. The van der Waals surface area contributed by atoms with Gasteiger partial charge >= 0.3 is 0 Å². The molecule has 0 amide bonds. The van der Waals surface area contributed by atoms with Gasteiger partial charge in [0.2, 0.25) is 23.2 Å². The molecule has 0 bridgehead atoms. The van der Waals surface area contributed by atoms with E-state index in [9.17, 15) is 0 Å². The molecule has 0 saturated carbocycles. The van der Waals surface area contributed by atoms with E-state index in [-0.39, 0.29) is 0 Å². The van der Waals surface area contributed by atoms with Gasteiger partial charge < -0.3 is 13.7 Å². The van der Waals surface area contributed by atoms with Crippen molar-refractivity contribution in [2.75, 3.05) is 11.9 Å². The highest BCUT2D eigenvalue weighted by Gasteiger charge is 2.13. The lowest BCUT2D eigenvalue weighted by Gasteiger charge is -2.17. The highest BCUT2D eigenvalue weighted by atomic mass is 35.5. The van der Waals surface area contributed by atoms with Crippen molar-refractivity contribution in [1.82, 2.24) is 19.9 Å². The van der Waals surface area contributed by atoms with E-state index in [0.717, 1.165) is 29.0 Å². The Morgan fingerprint density at radius 3 is 1.76 bits per heavy atom. The van der Waals surface area contributed by atoms with E-state index in [0.29, 0.717) is 43.9 Å². The fourth-order valence-electron chi connectivity index (χ4n) is 4.24. The molecule has 0 aliphatic carbocycles. The summed E-state index contributed by atoms with van der Waals surface area (Å²) >= 11 is 17.7. The molecule has 4 heterocycles. The summed E-state index contributed by atoms with van der Waals surface area (Å²) in [4.78, 5) is 19.6. The number of anilines is 1. The summed E-state index contributed by atoms with van der Waals surface area (Å²) in [5.41, 5.74) is 5.22. The molecule has 0 saturated heterocycles. The number of aromatic nitrogens is 4. The molecule has 0 aliphatic heterocycles. The molecule has 7 aromatic rings. The van der Waals surface area contributed by atoms with Crippen molar-refractivity contribution in [2.45, 2.75) is 6.54 Å². The number of benzene rings is 3. The lowest BCUT2D eigenvalue weighted by atomic mass is 10.2. The van der Waals surface area contributed by atoms with Gasteiger partial charge in [-0.25, -0.2) is 9.97 Å². The van der Waals surface area contributed by atoms with Gasteiger partial charge in [0.05, 0.1) is 0 Å². The molecule has 3 aromatic carbocycles. The zero-order chi connectivity index (χ0) is 29.1. The second-order valence-electron chi connectivity index (χ2n) is 9.35. The van der Waals surface area contributed by atoms with Crippen LogP contribution in [0.25, 0.3) is 45.4 Å². The molecule has 0 spiro atoms. The number of fused-ring (bicyclic) bond motifs is 2. The van der Waals surface area contributed by atoms with Crippen LogP contribution in [0, 0.1) is 0 Å². The lowest BCUT2D eigenvalue weighted by Crippen LogP contribution is -2.17. The van der Waals surface area contributed by atoms with Gasteiger partial charge in [0.1, 0.15) is 22.0 Å². The van der Waals surface area contributed by atoms with E-state index in [4.69, 9.17) is 43.6 Å². The second kappa shape index (κ2) is 12.2. The van der Waals surface area contributed by atoms with Crippen molar-refractivity contribution in [2.24, 2.45) is 0 Å². The highest BCUT2D eigenvalue weighted by Crippen LogP contribution is 2.28. The summed E-state index contributed by atoms with van der Waals surface area (Å²) in [5, 5.41) is 1.66. The normalized spacial score (nSPS) is 11.0. The van der Waals surface area contributed by atoms with Crippen LogP contribution in [0.4, 0.5) is 5.82 Å². The molecule has 0 aliphatic rings.